The van der Waals surface area contributed by atoms with Crippen molar-refractivity contribution in [2.45, 2.75) is 40.2 Å². The molecule has 1 rings (SSSR count). The first-order valence-electron chi connectivity index (χ1n) is 7.39. The van der Waals surface area contributed by atoms with E-state index < -0.39 is 0 Å². The first-order chi connectivity index (χ1) is 9.62. The molecule has 0 fully saturated rings. The first kappa shape index (κ1) is 20.0. The number of aryl methyl sites for hydroxylation is 1. The summed E-state index contributed by atoms with van der Waals surface area (Å²) >= 11 is 0. The van der Waals surface area contributed by atoms with E-state index in [2.05, 4.69) is 38.8 Å². The first-order valence-corrected chi connectivity index (χ1v) is 7.39. The van der Waals surface area contributed by atoms with E-state index in [-0.39, 0.29) is 30.1 Å². The SMILES string of the molecule is CCC(CN=C(N)N(CC)CC)Oc1ccccc1C.I. The highest BCUT2D eigenvalue weighted by molar-refractivity contribution is 14.0. The summed E-state index contributed by atoms with van der Waals surface area (Å²) in [7, 11) is 0. The molecule has 0 heterocycles. The fraction of sp³-hybridized carbons (Fsp3) is 0.562. The number of hydrogen-bond donors (Lipinski definition) is 1. The zero-order valence-electron chi connectivity index (χ0n) is 13.5. The number of aliphatic imine (C=N–C) groups is 1. The van der Waals surface area contributed by atoms with Crippen LogP contribution in [0.1, 0.15) is 32.8 Å². The summed E-state index contributed by atoms with van der Waals surface area (Å²) < 4.78 is 6.01. The van der Waals surface area contributed by atoms with Gasteiger partial charge in [-0.25, -0.2) is 4.99 Å². The number of para-hydroxylation sites is 1. The van der Waals surface area contributed by atoms with Crippen molar-refractivity contribution in [1.29, 1.82) is 0 Å². The highest BCUT2D eigenvalue weighted by Crippen LogP contribution is 2.18. The van der Waals surface area contributed by atoms with Crippen LogP contribution in [0.15, 0.2) is 29.3 Å². The minimum Gasteiger partial charge on any atom is -0.488 e. The van der Waals surface area contributed by atoms with E-state index in [1.165, 1.54) is 0 Å². The summed E-state index contributed by atoms with van der Waals surface area (Å²) in [5.41, 5.74) is 7.13. The van der Waals surface area contributed by atoms with E-state index in [4.69, 9.17) is 10.5 Å². The second kappa shape index (κ2) is 10.7. The third-order valence-electron chi connectivity index (χ3n) is 3.39. The van der Waals surface area contributed by atoms with Crippen LogP contribution in [0.3, 0.4) is 0 Å². The van der Waals surface area contributed by atoms with E-state index in [9.17, 15) is 0 Å². The highest BCUT2D eigenvalue weighted by atomic mass is 127. The lowest BCUT2D eigenvalue weighted by Gasteiger charge is -2.21. The van der Waals surface area contributed by atoms with Crippen molar-refractivity contribution in [2.75, 3.05) is 19.6 Å². The maximum Gasteiger partial charge on any atom is 0.191 e. The van der Waals surface area contributed by atoms with Crippen LogP contribution in [0.25, 0.3) is 0 Å². The van der Waals surface area contributed by atoms with E-state index in [1.807, 2.05) is 23.1 Å². The molecule has 1 atom stereocenters. The Kier molecular flexibility index (Phi) is 10.2. The molecule has 120 valence electrons. The Morgan fingerprint density at radius 3 is 2.38 bits per heavy atom. The predicted molar refractivity (Wildman–Crippen MR) is 101 cm³/mol. The molecule has 5 heteroatoms. The average molecular weight is 405 g/mol. The number of hydrogen-bond acceptors (Lipinski definition) is 2. The van der Waals surface area contributed by atoms with Crippen LogP contribution in [0.4, 0.5) is 0 Å². The molecule has 0 aliphatic rings. The lowest BCUT2D eigenvalue weighted by atomic mass is 10.2. The molecule has 0 aromatic heterocycles. The molecular weight excluding hydrogens is 377 g/mol. The van der Waals surface area contributed by atoms with Gasteiger partial charge >= 0.3 is 0 Å². The third-order valence-corrected chi connectivity index (χ3v) is 3.39. The van der Waals surface area contributed by atoms with Crippen LogP contribution in [0.2, 0.25) is 0 Å². The Morgan fingerprint density at radius 1 is 1.24 bits per heavy atom. The lowest BCUT2D eigenvalue weighted by Crippen LogP contribution is -2.38. The molecule has 0 bridgehead atoms. The van der Waals surface area contributed by atoms with Gasteiger partial charge in [-0.15, -0.1) is 24.0 Å². The van der Waals surface area contributed by atoms with Gasteiger partial charge in [-0.1, -0.05) is 25.1 Å². The molecule has 0 aliphatic carbocycles. The number of nitrogens with zero attached hydrogens (tertiary/aromatic N) is 2. The standard InChI is InChI=1S/C16H27N3O.HI/c1-5-14(12-18-16(17)19(6-2)7-3)20-15-11-9-8-10-13(15)4;/h8-11,14H,5-7,12H2,1-4H3,(H2,17,18);1H. The van der Waals surface area contributed by atoms with Crippen LogP contribution >= 0.6 is 24.0 Å². The molecule has 0 amide bonds. The predicted octanol–water partition coefficient (Wildman–Crippen LogP) is 3.43. The smallest absolute Gasteiger partial charge is 0.191 e. The van der Waals surface area contributed by atoms with Crippen LogP contribution in [0, 0.1) is 6.92 Å². The van der Waals surface area contributed by atoms with E-state index in [0.29, 0.717) is 12.5 Å². The van der Waals surface area contributed by atoms with Crippen molar-refractivity contribution >= 4 is 29.9 Å². The average Bonchev–Trinajstić information content (AvgIpc) is 2.46. The molecule has 0 spiro atoms. The normalized spacial score (nSPS) is 12.5. The Morgan fingerprint density at radius 2 is 1.86 bits per heavy atom. The summed E-state index contributed by atoms with van der Waals surface area (Å²) in [5, 5.41) is 0. The Hall–Kier alpha value is -0.980. The quantitative estimate of drug-likeness (QED) is 0.430. The molecule has 2 N–H and O–H groups in total. The monoisotopic (exact) mass is 405 g/mol. The van der Waals surface area contributed by atoms with Gasteiger partial charge in [0.1, 0.15) is 11.9 Å². The molecule has 1 unspecified atom stereocenters. The zero-order chi connectivity index (χ0) is 15.0. The van der Waals surface area contributed by atoms with Gasteiger partial charge < -0.3 is 15.4 Å². The van der Waals surface area contributed by atoms with Crippen molar-refractivity contribution in [1.82, 2.24) is 4.90 Å². The number of ether oxygens (including phenoxy) is 1. The van der Waals surface area contributed by atoms with Crippen LogP contribution < -0.4 is 10.5 Å². The van der Waals surface area contributed by atoms with E-state index in [1.54, 1.807) is 0 Å². The maximum atomic E-state index is 6.01. The van der Waals surface area contributed by atoms with Gasteiger partial charge in [0.25, 0.3) is 0 Å². The van der Waals surface area contributed by atoms with Crippen molar-refractivity contribution in [3.63, 3.8) is 0 Å². The molecule has 4 nitrogen and oxygen atoms in total. The minimum absolute atomic E-state index is 0. The lowest BCUT2D eigenvalue weighted by molar-refractivity contribution is 0.204. The molecule has 0 saturated carbocycles. The second-order valence-electron chi connectivity index (χ2n) is 4.78. The molecular formula is C16H28IN3O. The second-order valence-corrected chi connectivity index (χ2v) is 4.78. The Labute approximate surface area is 145 Å². The molecule has 0 radical (unpaired) electrons. The number of benzene rings is 1. The topological polar surface area (TPSA) is 50.8 Å². The fourth-order valence-corrected chi connectivity index (χ4v) is 1.96. The molecule has 0 aliphatic heterocycles. The van der Waals surface area contributed by atoms with Gasteiger partial charge in [-0.3, -0.25) is 0 Å². The van der Waals surface area contributed by atoms with Gasteiger partial charge in [-0.2, -0.15) is 0 Å². The molecule has 21 heavy (non-hydrogen) atoms. The van der Waals surface area contributed by atoms with E-state index >= 15 is 0 Å². The highest BCUT2D eigenvalue weighted by Gasteiger charge is 2.10. The van der Waals surface area contributed by atoms with Gasteiger partial charge in [0.05, 0.1) is 6.54 Å². The number of nitrogens with two attached hydrogens (primary N) is 1. The van der Waals surface area contributed by atoms with Crippen molar-refractivity contribution in [2.24, 2.45) is 10.7 Å². The van der Waals surface area contributed by atoms with Crippen molar-refractivity contribution < 1.29 is 4.74 Å². The number of rotatable bonds is 7. The number of halogens is 1. The third kappa shape index (κ3) is 6.54. The van der Waals surface area contributed by atoms with Gasteiger partial charge in [0.15, 0.2) is 5.96 Å². The summed E-state index contributed by atoms with van der Waals surface area (Å²) in [4.78, 5) is 6.50. The van der Waals surface area contributed by atoms with Crippen LogP contribution in [0.5, 0.6) is 5.75 Å². The summed E-state index contributed by atoms with van der Waals surface area (Å²) in [6, 6.07) is 8.05. The maximum absolute atomic E-state index is 6.01. The van der Waals surface area contributed by atoms with Crippen molar-refractivity contribution in [3.8, 4) is 5.75 Å². The minimum atomic E-state index is 0. The fourth-order valence-electron chi connectivity index (χ4n) is 1.96. The number of guanidine groups is 1. The van der Waals surface area contributed by atoms with Crippen molar-refractivity contribution in [3.05, 3.63) is 29.8 Å². The van der Waals surface area contributed by atoms with Crippen LogP contribution in [-0.4, -0.2) is 36.6 Å². The largest absolute Gasteiger partial charge is 0.488 e. The Balaban J connectivity index is 0.00000400. The van der Waals surface area contributed by atoms with Gasteiger partial charge in [0.2, 0.25) is 0 Å². The molecule has 1 aromatic rings. The molecule has 0 saturated heterocycles. The van der Waals surface area contributed by atoms with Gasteiger partial charge in [0, 0.05) is 13.1 Å². The molecule has 1 aromatic carbocycles. The van der Waals surface area contributed by atoms with E-state index in [0.717, 1.165) is 30.8 Å². The Bertz CT molecular complexity index is 433. The zero-order valence-corrected chi connectivity index (χ0v) is 15.8. The summed E-state index contributed by atoms with van der Waals surface area (Å²) in [6.07, 6.45) is 0.966. The summed E-state index contributed by atoms with van der Waals surface area (Å²) in [6.45, 7) is 10.7. The van der Waals surface area contributed by atoms with Gasteiger partial charge in [-0.05, 0) is 38.8 Å². The summed E-state index contributed by atoms with van der Waals surface area (Å²) in [5.74, 6) is 1.53. The van der Waals surface area contributed by atoms with Crippen LogP contribution in [-0.2, 0) is 0 Å².